The first-order chi connectivity index (χ1) is 8.60. The molecule has 1 heterocycles. The molecule has 0 amide bonds. The van der Waals surface area contributed by atoms with Crippen LogP contribution < -0.4 is 0 Å². The van der Waals surface area contributed by atoms with E-state index < -0.39 is 0 Å². The van der Waals surface area contributed by atoms with Crippen LogP contribution in [0.25, 0.3) is 0 Å². The van der Waals surface area contributed by atoms with Crippen molar-refractivity contribution in [3.05, 3.63) is 51.7 Å². The Balaban J connectivity index is 2.25. The largest absolute Gasteiger partial charge is 0.269 e. The number of benzene rings is 1. The average Bonchev–Trinajstić information content (AvgIpc) is 2.38. The third kappa shape index (κ3) is 2.64. The number of nitro benzene ring substituents is 1. The van der Waals surface area contributed by atoms with Crippen LogP contribution in [0.5, 0.6) is 0 Å². The van der Waals surface area contributed by atoms with Gasteiger partial charge in [0.15, 0.2) is 0 Å². The molecule has 1 aliphatic heterocycles. The van der Waals surface area contributed by atoms with Crippen LogP contribution in [0, 0.1) is 10.1 Å². The van der Waals surface area contributed by atoms with Gasteiger partial charge in [0.25, 0.3) is 5.69 Å². The van der Waals surface area contributed by atoms with Crippen LogP contribution in [0.4, 0.5) is 5.69 Å². The molecule has 1 aromatic carbocycles. The second kappa shape index (κ2) is 5.12. The second-order valence-electron chi connectivity index (χ2n) is 4.52. The molecule has 1 atom stereocenters. The van der Waals surface area contributed by atoms with E-state index in [0.29, 0.717) is 5.92 Å². The van der Waals surface area contributed by atoms with Crippen molar-refractivity contribution in [2.24, 2.45) is 4.99 Å². The van der Waals surface area contributed by atoms with Crippen LogP contribution in [0.1, 0.15) is 38.2 Å². The first kappa shape index (κ1) is 12.5. The first-order valence-corrected chi connectivity index (χ1v) is 6.09. The van der Waals surface area contributed by atoms with E-state index in [1.165, 1.54) is 0 Å². The maximum absolute atomic E-state index is 10.6. The normalized spacial score (nSPS) is 19.1. The van der Waals surface area contributed by atoms with E-state index in [0.717, 1.165) is 29.8 Å². The summed E-state index contributed by atoms with van der Waals surface area (Å²) in [5.74, 6) is 0.290. The van der Waals surface area contributed by atoms with Gasteiger partial charge >= 0.3 is 0 Å². The van der Waals surface area contributed by atoms with Gasteiger partial charge in [-0.05, 0) is 25.3 Å². The molecule has 1 aliphatic rings. The molecule has 1 unspecified atom stereocenters. The lowest BCUT2D eigenvalue weighted by atomic mass is 9.90. The maximum Gasteiger partial charge on any atom is 0.269 e. The van der Waals surface area contributed by atoms with E-state index in [4.69, 9.17) is 0 Å². The summed E-state index contributed by atoms with van der Waals surface area (Å²) in [5, 5.41) is 10.6. The summed E-state index contributed by atoms with van der Waals surface area (Å²) >= 11 is 0. The summed E-state index contributed by atoms with van der Waals surface area (Å²) in [7, 11) is 0. The molecule has 94 valence electrons. The van der Waals surface area contributed by atoms with Crippen LogP contribution in [-0.2, 0) is 0 Å². The van der Waals surface area contributed by atoms with E-state index in [1.54, 1.807) is 12.1 Å². The number of non-ortho nitro benzene ring substituents is 1. The Bertz CT molecular complexity index is 515. The molecule has 4 heteroatoms. The Hall–Kier alpha value is -1.97. The Morgan fingerprint density at radius 2 is 2.06 bits per heavy atom. The fourth-order valence-corrected chi connectivity index (χ4v) is 2.19. The van der Waals surface area contributed by atoms with Gasteiger partial charge in [-0.2, -0.15) is 0 Å². The van der Waals surface area contributed by atoms with E-state index in [2.05, 4.69) is 18.0 Å². The summed E-state index contributed by atoms with van der Waals surface area (Å²) in [6.45, 7) is 4.11. The SMILES string of the molecule is CCC1=CC(c2ccc([N+](=O)[O-])cc2)CC(C)=N1. The van der Waals surface area contributed by atoms with Crippen molar-refractivity contribution < 1.29 is 4.92 Å². The molecule has 0 fully saturated rings. The van der Waals surface area contributed by atoms with Crippen molar-refractivity contribution in [3.8, 4) is 0 Å². The van der Waals surface area contributed by atoms with Gasteiger partial charge in [-0.3, -0.25) is 15.1 Å². The lowest BCUT2D eigenvalue weighted by molar-refractivity contribution is -0.384. The minimum Gasteiger partial charge on any atom is -0.263 e. The lowest BCUT2D eigenvalue weighted by Gasteiger charge is -2.19. The zero-order chi connectivity index (χ0) is 13.1. The molecule has 0 aliphatic carbocycles. The monoisotopic (exact) mass is 244 g/mol. The van der Waals surface area contributed by atoms with E-state index in [-0.39, 0.29) is 10.6 Å². The lowest BCUT2D eigenvalue weighted by Crippen LogP contribution is -2.08. The average molecular weight is 244 g/mol. The third-order valence-electron chi connectivity index (χ3n) is 3.14. The highest BCUT2D eigenvalue weighted by molar-refractivity contribution is 5.85. The summed E-state index contributed by atoms with van der Waals surface area (Å²) in [6, 6.07) is 6.81. The van der Waals surface area contributed by atoms with Gasteiger partial charge in [-0.15, -0.1) is 0 Å². The predicted octanol–water partition coefficient (Wildman–Crippen LogP) is 3.84. The molecule has 0 aromatic heterocycles. The van der Waals surface area contributed by atoms with Crippen molar-refractivity contribution in [1.29, 1.82) is 0 Å². The van der Waals surface area contributed by atoms with Gasteiger partial charge in [0.1, 0.15) is 0 Å². The molecule has 0 bridgehead atoms. The molecule has 0 N–H and O–H groups in total. The number of hydrogen-bond donors (Lipinski definition) is 0. The standard InChI is InChI=1S/C14H16N2O2/c1-3-13-9-12(8-10(2)15-13)11-4-6-14(7-5-11)16(17)18/h4-7,9,12H,3,8H2,1-2H3. The molecule has 18 heavy (non-hydrogen) atoms. The smallest absolute Gasteiger partial charge is 0.263 e. The fourth-order valence-electron chi connectivity index (χ4n) is 2.19. The topological polar surface area (TPSA) is 55.5 Å². The molecule has 2 rings (SSSR count). The highest BCUT2D eigenvalue weighted by Gasteiger charge is 2.16. The molecular weight excluding hydrogens is 228 g/mol. The van der Waals surface area contributed by atoms with Crippen molar-refractivity contribution >= 4 is 11.4 Å². The zero-order valence-corrected chi connectivity index (χ0v) is 10.6. The van der Waals surface area contributed by atoms with Gasteiger partial charge < -0.3 is 0 Å². The molecule has 4 nitrogen and oxygen atoms in total. The molecule has 0 radical (unpaired) electrons. The molecule has 0 saturated heterocycles. The molecule has 0 saturated carbocycles. The number of hydrogen-bond acceptors (Lipinski definition) is 3. The van der Waals surface area contributed by atoms with Crippen molar-refractivity contribution in [3.63, 3.8) is 0 Å². The number of nitrogens with zero attached hydrogens (tertiary/aromatic N) is 2. The molecule has 1 aromatic rings. The Morgan fingerprint density at radius 3 is 2.61 bits per heavy atom. The highest BCUT2D eigenvalue weighted by atomic mass is 16.6. The number of nitro groups is 1. The van der Waals surface area contributed by atoms with E-state index in [1.807, 2.05) is 19.1 Å². The first-order valence-electron chi connectivity index (χ1n) is 6.09. The number of rotatable bonds is 3. The number of allylic oxidation sites excluding steroid dienone is 2. The Kier molecular flexibility index (Phi) is 3.55. The summed E-state index contributed by atoms with van der Waals surface area (Å²) < 4.78 is 0. The van der Waals surface area contributed by atoms with Gasteiger partial charge in [0.2, 0.25) is 0 Å². The van der Waals surface area contributed by atoms with Gasteiger partial charge in [-0.25, -0.2) is 0 Å². The molecule has 0 spiro atoms. The van der Waals surface area contributed by atoms with Crippen LogP contribution >= 0.6 is 0 Å². The minimum absolute atomic E-state index is 0.139. The third-order valence-corrected chi connectivity index (χ3v) is 3.14. The van der Waals surface area contributed by atoms with Gasteiger partial charge in [-0.1, -0.05) is 25.1 Å². The van der Waals surface area contributed by atoms with Crippen LogP contribution in [0.2, 0.25) is 0 Å². The van der Waals surface area contributed by atoms with Crippen molar-refractivity contribution in [2.45, 2.75) is 32.6 Å². The van der Waals surface area contributed by atoms with E-state index >= 15 is 0 Å². The minimum atomic E-state index is -0.370. The van der Waals surface area contributed by atoms with Crippen LogP contribution in [0.3, 0.4) is 0 Å². The van der Waals surface area contributed by atoms with Crippen LogP contribution in [0.15, 0.2) is 41.0 Å². The van der Waals surface area contributed by atoms with Crippen LogP contribution in [-0.4, -0.2) is 10.6 Å². The zero-order valence-electron chi connectivity index (χ0n) is 10.6. The summed E-state index contributed by atoms with van der Waals surface area (Å²) in [4.78, 5) is 14.7. The Morgan fingerprint density at radius 1 is 1.39 bits per heavy atom. The number of aliphatic imine (C=N–C) groups is 1. The molecular formula is C14H16N2O2. The van der Waals surface area contributed by atoms with Crippen molar-refractivity contribution in [1.82, 2.24) is 0 Å². The summed E-state index contributed by atoms with van der Waals surface area (Å²) in [6.07, 6.45) is 3.97. The van der Waals surface area contributed by atoms with Gasteiger partial charge in [0.05, 0.1) is 4.92 Å². The maximum atomic E-state index is 10.6. The second-order valence-corrected chi connectivity index (χ2v) is 4.52. The highest BCUT2D eigenvalue weighted by Crippen LogP contribution is 2.29. The van der Waals surface area contributed by atoms with E-state index in [9.17, 15) is 10.1 Å². The van der Waals surface area contributed by atoms with Crippen molar-refractivity contribution in [2.75, 3.05) is 0 Å². The summed E-state index contributed by atoms with van der Waals surface area (Å²) in [5.41, 5.74) is 3.47. The Labute approximate surface area is 106 Å². The predicted molar refractivity (Wildman–Crippen MR) is 71.9 cm³/mol. The quantitative estimate of drug-likeness (QED) is 0.599. The fraction of sp³-hybridized carbons (Fsp3) is 0.357. The van der Waals surface area contributed by atoms with Gasteiger partial charge in [0, 0.05) is 29.5 Å².